The summed E-state index contributed by atoms with van der Waals surface area (Å²) in [4.78, 5) is 4.54. The van der Waals surface area contributed by atoms with Crippen molar-refractivity contribution in [1.82, 2.24) is 10.3 Å². The molecule has 2 nitrogen and oxygen atoms in total. The maximum absolute atomic E-state index is 6.07. The van der Waals surface area contributed by atoms with Crippen molar-refractivity contribution in [3.05, 3.63) is 40.5 Å². The van der Waals surface area contributed by atoms with E-state index in [2.05, 4.69) is 30.2 Å². The molecule has 0 aliphatic carbocycles. The Labute approximate surface area is 113 Å². The van der Waals surface area contributed by atoms with Gasteiger partial charge in [0.05, 0.1) is 5.52 Å². The third-order valence-corrected chi connectivity index (χ3v) is 3.47. The van der Waals surface area contributed by atoms with Gasteiger partial charge in [-0.3, -0.25) is 4.98 Å². The molecule has 0 fully saturated rings. The second kappa shape index (κ2) is 5.68. The summed E-state index contributed by atoms with van der Waals surface area (Å²) in [6.07, 6.45) is 1.13. The Morgan fingerprint density at radius 1 is 1.33 bits per heavy atom. The van der Waals surface area contributed by atoms with Crippen LogP contribution in [0.15, 0.2) is 24.3 Å². The van der Waals surface area contributed by atoms with E-state index in [1.165, 1.54) is 5.56 Å². The first kappa shape index (κ1) is 13.3. The number of benzene rings is 1. The summed E-state index contributed by atoms with van der Waals surface area (Å²) in [6, 6.07) is 8.53. The molecule has 0 aliphatic heterocycles. The molecule has 1 aromatic carbocycles. The first-order valence-electron chi connectivity index (χ1n) is 6.39. The monoisotopic (exact) mass is 262 g/mol. The van der Waals surface area contributed by atoms with Gasteiger partial charge in [-0.2, -0.15) is 0 Å². The van der Waals surface area contributed by atoms with Gasteiger partial charge < -0.3 is 5.32 Å². The summed E-state index contributed by atoms with van der Waals surface area (Å²) in [5.41, 5.74) is 3.33. The van der Waals surface area contributed by atoms with E-state index in [4.69, 9.17) is 11.6 Å². The topological polar surface area (TPSA) is 24.9 Å². The number of fused-ring (bicyclic) bond motifs is 1. The molecular weight excluding hydrogens is 244 g/mol. The lowest BCUT2D eigenvalue weighted by Gasteiger charge is -2.13. The minimum Gasteiger partial charge on any atom is -0.310 e. The molecule has 2 aromatic rings. The van der Waals surface area contributed by atoms with Gasteiger partial charge in [0.2, 0.25) is 0 Å². The highest BCUT2D eigenvalue weighted by Gasteiger charge is 2.06. The van der Waals surface area contributed by atoms with Crippen LogP contribution in [0, 0.1) is 6.92 Å². The zero-order valence-corrected chi connectivity index (χ0v) is 11.9. The van der Waals surface area contributed by atoms with Gasteiger partial charge in [0.25, 0.3) is 0 Å². The van der Waals surface area contributed by atoms with Crippen molar-refractivity contribution >= 4 is 22.5 Å². The van der Waals surface area contributed by atoms with E-state index in [1.807, 2.05) is 25.1 Å². The minimum atomic E-state index is 0.521. The van der Waals surface area contributed by atoms with Gasteiger partial charge in [0.1, 0.15) is 0 Å². The van der Waals surface area contributed by atoms with E-state index < -0.39 is 0 Å². The van der Waals surface area contributed by atoms with Crippen molar-refractivity contribution in [3.8, 4) is 0 Å². The van der Waals surface area contributed by atoms with E-state index in [0.717, 1.165) is 34.6 Å². The highest BCUT2D eigenvalue weighted by Crippen LogP contribution is 2.22. The highest BCUT2D eigenvalue weighted by molar-refractivity contribution is 6.31. The molecule has 1 unspecified atom stereocenters. The molecule has 1 aromatic heterocycles. The van der Waals surface area contributed by atoms with Crippen LogP contribution in [0.2, 0.25) is 5.02 Å². The van der Waals surface area contributed by atoms with Crippen LogP contribution in [-0.2, 0) is 6.54 Å². The Balaban J connectivity index is 2.38. The lowest BCUT2D eigenvalue weighted by molar-refractivity contribution is 0.535. The number of pyridine rings is 1. The smallest absolute Gasteiger partial charge is 0.0709 e. The fourth-order valence-corrected chi connectivity index (χ4v) is 2.16. The number of nitrogens with zero attached hydrogens (tertiary/aromatic N) is 1. The Morgan fingerprint density at radius 3 is 2.83 bits per heavy atom. The molecule has 0 amide bonds. The van der Waals surface area contributed by atoms with Crippen LogP contribution in [0.4, 0.5) is 0 Å². The molecule has 3 heteroatoms. The Kier molecular flexibility index (Phi) is 4.20. The van der Waals surface area contributed by atoms with Crippen molar-refractivity contribution < 1.29 is 0 Å². The molecule has 96 valence electrons. The number of hydrogen-bond acceptors (Lipinski definition) is 2. The quantitative estimate of drug-likeness (QED) is 0.898. The Morgan fingerprint density at radius 2 is 2.11 bits per heavy atom. The lowest BCUT2D eigenvalue weighted by atomic mass is 10.1. The van der Waals surface area contributed by atoms with E-state index in [-0.39, 0.29) is 0 Å². The van der Waals surface area contributed by atoms with Crippen LogP contribution in [-0.4, -0.2) is 11.0 Å². The van der Waals surface area contributed by atoms with Crippen molar-refractivity contribution in [2.45, 2.75) is 39.8 Å². The number of aromatic nitrogens is 1. The van der Waals surface area contributed by atoms with Crippen LogP contribution < -0.4 is 5.32 Å². The van der Waals surface area contributed by atoms with E-state index in [1.54, 1.807) is 0 Å². The van der Waals surface area contributed by atoms with Gasteiger partial charge in [0, 0.05) is 28.7 Å². The maximum atomic E-state index is 6.07. The predicted octanol–water partition coefficient (Wildman–Crippen LogP) is 4.08. The molecule has 0 radical (unpaired) electrons. The molecule has 1 N–H and O–H groups in total. The highest BCUT2D eigenvalue weighted by atomic mass is 35.5. The zero-order chi connectivity index (χ0) is 13.1. The molecule has 0 aliphatic rings. The standard InChI is InChI=1S/C15H19ClN2/c1-4-10(2)17-9-12-7-11(3)18-15-6-5-13(16)8-14(12)15/h5-8,10,17H,4,9H2,1-3H3. The molecule has 1 atom stereocenters. The molecule has 0 saturated carbocycles. The predicted molar refractivity (Wildman–Crippen MR) is 78.1 cm³/mol. The first-order valence-corrected chi connectivity index (χ1v) is 6.77. The van der Waals surface area contributed by atoms with Crippen molar-refractivity contribution in [1.29, 1.82) is 0 Å². The average Bonchev–Trinajstić information content (AvgIpc) is 2.36. The summed E-state index contributed by atoms with van der Waals surface area (Å²) in [5.74, 6) is 0. The number of halogens is 1. The zero-order valence-electron chi connectivity index (χ0n) is 11.1. The average molecular weight is 263 g/mol. The summed E-state index contributed by atoms with van der Waals surface area (Å²) in [5, 5.41) is 5.42. The summed E-state index contributed by atoms with van der Waals surface area (Å²) in [6.45, 7) is 7.27. The van der Waals surface area contributed by atoms with Crippen LogP contribution in [0.25, 0.3) is 10.9 Å². The molecule has 2 rings (SSSR count). The summed E-state index contributed by atoms with van der Waals surface area (Å²) in [7, 11) is 0. The molecular formula is C15H19ClN2. The number of nitrogens with one attached hydrogen (secondary N) is 1. The number of hydrogen-bond donors (Lipinski definition) is 1. The van der Waals surface area contributed by atoms with Gasteiger partial charge in [0.15, 0.2) is 0 Å². The largest absolute Gasteiger partial charge is 0.310 e. The van der Waals surface area contributed by atoms with E-state index in [9.17, 15) is 0 Å². The summed E-state index contributed by atoms with van der Waals surface area (Å²) < 4.78 is 0. The second-order valence-electron chi connectivity index (χ2n) is 4.77. The van der Waals surface area contributed by atoms with Crippen LogP contribution in [0.5, 0.6) is 0 Å². The van der Waals surface area contributed by atoms with Crippen molar-refractivity contribution in [2.75, 3.05) is 0 Å². The molecule has 0 spiro atoms. The van der Waals surface area contributed by atoms with Gasteiger partial charge in [-0.25, -0.2) is 0 Å². The summed E-state index contributed by atoms with van der Waals surface area (Å²) >= 11 is 6.07. The van der Waals surface area contributed by atoms with Crippen molar-refractivity contribution in [2.24, 2.45) is 0 Å². The van der Waals surface area contributed by atoms with Gasteiger partial charge in [-0.15, -0.1) is 0 Å². The van der Waals surface area contributed by atoms with Crippen LogP contribution in [0.1, 0.15) is 31.5 Å². The molecule has 18 heavy (non-hydrogen) atoms. The Hall–Kier alpha value is -1.12. The third-order valence-electron chi connectivity index (χ3n) is 3.24. The third kappa shape index (κ3) is 3.01. The molecule has 1 heterocycles. The number of aryl methyl sites for hydroxylation is 1. The van der Waals surface area contributed by atoms with Crippen molar-refractivity contribution in [3.63, 3.8) is 0 Å². The van der Waals surface area contributed by atoms with Gasteiger partial charge in [-0.1, -0.05) is 18.5 Å². The van der Waals surface area contributed by atoms with E-state index in [0.29, 0.717) is 6.04 Å². The number of rotatable bonds is 4. The Bertz CT molecular complexity index is 551. The molecule has 0 saturated heterocycles. The van der Waals surface area contributed by atoms with E-state index >= 15 is 0 Å². The fraction of sp³-hybridized carbons (Fsp3) is 0.400. The fourth-order valence-electron chi connectivity index (χ4n) is 1.99. The second-order valence-corrected chi connectivity index (χ2v) is 5.21. The maximum Gasteiger partial charge on any atom is 0.0709 e. The first-order chi connectivity index (χ1) is 8.60. The SMILES string of the molecule is CCC(C)NCc1cc(C)nc2ccc(Cl)cc12. The normalized spacial score (nSPS) is 12.9. The minimum absolute atomic E-state index is 0.521. The van der Waals surface area contributed by atoms with Crippen LogP contribution in [0.3, 0.4) is 0 Å². The van der Waals surface area contributed by atoms with Gasteiger partial charge >= 0.3 is 0 Å². The van der Waals surface area contributed by atoms with Crippen LogP contribution >= 0.6 is 11.6 Å². The van der Waals surface area contributed by atoms with Gasteiger partial charge in [-0.05, 0) is 50.1 Å². The molecule has 0 bridgehead atoms. The lowest BCUT2D eigenvalue weighted by Crippen LogP contribution is -2.24.